The molecule has 3 heteroatoms. The highest BCUT2D eigenvalue weighted by Gasteiger charge is 2.47. The van der Waals surface area contributed by atoms with Gasteiger partial charge in [-0.25, -0.2) is 4.98 Å². The first kappa shape index (κ1) is 12.0. The van der Waals surface area contributed by atoms with Gasteiger partial charge in [-0.3, -0.25) is 0 Å². The van der Waals surface area contributed by atoms with Crippen LogP contribution in [0.1, 0.15) is 37.9 Å². The fourth-order valence-corrected chi connectivity index (χ4v) is 5.25. The lowest BCUT2D eigenvalue weighted by atomic mass is 9.54. The molecule has 4 saturated carbocycles. The predicted octanol–water partition coefficient (Wildman–Crippen LogP) is 2.38. The van der Waals surface area contributed by atoms with E-state index in [2.05, 4.69) is 21.9 Å². The van der Waals surface area contributed by atoms with E-state index >= 15 is 0 Å². The number of imidazole rings is 1. The Labute approximate surface area is 115 Å². The predicted molar refractivity (Wildman–Crippen MR) is 75.7 cm³/mol. The number of nitrogens with zero attached hydrogens (tertiary/aromatic N) is 2. The van der Waals surface area contributed by atoms with Gasteiger partial charge in [-0.2, -0.15) is 0 Å². The van der Waals surface area contributed by atoms with Crippen LogP contribution in [0, 0.1) is 23.7 Å². The second kappa shape index (κ2) is 4.62. The second-order valence-electron chi connectivity index (χ2n) is 7.12. The Hall–Kier alpha value is -0.830. The molecule has 1 heterocycles. The van der Waals surface area contributed by atoms with Gasteiger partial charge in [0.2, 0.25) is 0 Å². The molecule has 19 heavy (non-hydrogen) atoms. The van der Waals surface area contributed by atoms with E-state index in [-0.39, 0.29) is 0 Å². The first-order chi connectivity index (χ1) is 9.29. The third-order valence-corrected chi connectivity index (χ3v) is 5.88. The Bertz CT molecular complexity index is 423. The molecule has 4 aliphatic rings. The van der Waals surface area contributed by atoms with Crippen LogP contribution in [0.4, 0.5) is 0 Å². The molecule has 1 aromatic heterocycles. The van der Waals surface area contributed by atoms with Crippen LogP contribution in [0.2, 0.25) is 0 Å². The summed E-state index contributed by atoms with van der Waals surface area (Å²) in [6, 6.07) is 0.813. The zero-order chi connectivity index (χ0) is 12.8. The van der Waals surface area contributed by atoms with Crippen molar-refractivity contribution >= 4 is 0 Å². The molecule has 0 spiro atoms. The van der Waals surface area contributed by atoms with Crippen molar-refractivity contribution in [1.82, 2.24) is 14.9 Å². The van der Waals surface area contributed by atoms with Crippen molar-refractivity contribution in [2.45, 2.75) is 44.6 Å². The number of hydrogen-bond acceptors (Lipinski definition) is 2. The molecule has 4 aliphatic carbocycles. The molecule has 104 valence electrons. The van der Waals surface area contributed by atoms with Crippen molar-refractivity contribution in [3.63, 3.8) is 0 Å². The van der Waals surface area contributed by atoms with Crippen molar-refractivity contribution in [1.29, 1.82) is 0 Å². The zero-order valence-electron chi connectivity index (χ0n) is 11.9. The molecule has 3 nitrogen and oxygen atoms in total. The summed E-state index contributed by atoms with van der Waals surface area (Å²) in [6.07, 6.45) is 12.6. The van der Waals surface area contributed by atoms with E-state index in [0.717, 1.165) is 42.7 Å². The minimum absolute atomic E-state index is 0.813. The Morgan fingerprint density at radius 2 is 1.84 bits per heavy atom. The maximum Gasteiger partial charge on any atom is 0.109 e. The number of rotatable bonds is 4. The summed E-state index contributed by atoms with van der Waals surface area (Å²) in [5.74, 6) is 5.33. The lowest BCUT2D eigenvalue weighted by Gasteiger charge is -2.54. The van der Waals surface area contributed by atoms with Crippen molar-refractivity contribution in [3.8, 4) is 0 Å². The standard InChI is InChI=1S/C16H25N3/c1-19-5-4-17-15(19)2-3-18-16-13-7-11-6-12(9-13)10-14(16)8-11/h4-5,11-14,16,18H,2-3,6-10H2,1H3. The molecule has 0 saturated heterocycles. The van der Waals surface area contributed by atoms with E-state index in [0.29, 0.717) is 0 Å². The van der Waals surface area contributed by atoms with Gasteiger partial charge >= 0.3 is 0 Å². The van der Waals surface area contributed by atoms with E-state index in [1.807, 2.05) is 12.4 Å². The second-order valence-corrected chi connectivity index (χ2v) is 7.12. The summed E-state index contributed by atoms with van der Waals surface area (Å²) in [5.41, 5.74) is 0. The van der Waals surface area contributed by atoms with Gasteiger partial charge in [-0.05, 0) is 55.8 Å². The van der Waals surface area contributed by atoms with Crippen LogP contribution in [-0.2, 0) is 13.5 Å². The van der Waals surface area contributed by atoms with Crippen molar-refractivity contribution in [2.75, 3.05) is 6.54 Å². The van der Waals surface area contributed by atoms with Crippen LogP contribution in [0.3, 0.4) is 0 Å². The van der Waals surface area contributed by atoms with Crippen LogP contribution >= 0.6 is 0 Å². The summed E-state index contributed by atoms with van der Waals surface area (Å²) in [7, 11) is 2.09. The quantitative estimate of drug-likeness (QED) is 0.899. The molecule has 1 aromatic rings. The number of aromatic nitrogens is 2. The Balaban J connectivity index is 1.35. The highest BCUT2D eigenvalue weighted by molar-refractivity contribution is 5.01. The third kappa shape index (κ3) is 2.12. The third-order valence-electron chi connectivity index (χ3n) is 5.88. The van der Waals surface area contributed by atoms with Gasteiger partial charge in [-0.15, -0.1) is 0 Å². The maximum absolute atomic E-state index is 4.41. The van der Waals surface area contributed by atoms with E-state index in [1.165, 1.54) is 31.5 Å². The van der Waals surface area contributed by atoms with Gasteiger partial charge in [0.05, 0.1) is 0 Å². The van der Waals surface area contributed by atoms with Gasteiger partial charge in [0.15, 0.2) is 0 Å². The normalized spacial score (nSPS) is 39.9. The average Bonchev–Trinajstić information content (AvgIpc) is 2.78. The van der Waals surface area contributed by atoms with E-state index in [9.17, 15) is 0 Å². The van der Waals surface area contributed by atoms with E-state index < -0.39 is 0 Å². The molecule has 0 aromatic carbocycles. The SMILES string of the molecule is Cn1ccnc1CCNC1C2CC3CC(C2)CC1C3. The molecule has 1 N–H and O–H groups in total. The molecule has 0 atom stereocenters. The molecule has 4 bridgehead atoms. The lowest BCUT2D eigenvalue weighted by Crippen LogP contribution is -2.54. The van der Waals surface area contributed by atoms with Crippen molar-refractivity contribution in [2.24, 2.45) is 30.7 Å². The molecule has 0 aliphatic heterocycles. The molecular weight excluding hydrogens is 234 g/mol. The average molecular weight is 259 g/mol. The summed E-state index contributed by atoms with van der Waals surface area (Å²) >= 11 is 0. The summed E-state index contributed by atoms with van der Waals surface area (Å²) in [4.78, 5) is 4.41. The fraction of sp³-hybridized carbons (Fsp3) is 0.812. The zero-order valence-corrected chi connectivity index (χ0v) is 11.9. The molecule has 0 radical (unpaired) electrons. The molecular formula is C16H25N3. The summed E-state index contributed by atoms with van der Waals surface area (Å²) < 4.78 is 2.14. The minimum atomic E-state index is 0.813. The first-order valence-electron chi connectivity index (χ1n) is 7.99. The van der Waals surface area contributed by atoms with Gasteiger partial charge in [0.25, 0.3) is 0 Å². The van der Waals surface area contributed by atoms with Crippen LogP contribution < -0.4 is 5.32 Å². The van der Waals surface area contributed by atoms with Crippen LogP contribution in [0.15, 0.2) is 12.4 Å². The minimum Gasteiger partial charge on any atom is -0.338 e. The molecule has 4 fully saturated rings. The monoisotopic (exact) mass is 259 g/mol. The van der Waals surface area contributed by atoms with Gasteiger partial charge in [-0.1, -0.05) is 0 Å². The first-order valence-corrected chi connectivity index (χ1v) is 7.99. The molecule has 5 rings (SSSR count). The largest absolute Gasteiger partial charge is 0.338 e. The lowest BCUT2D eigenvalue weighted by molar-refractivity contribution is -0.0134. The van der Waals surface area contributed by atoms with Gasteiger partial charge < -0.3 is 9.88 Å². The Morgan fingerprint density at radius 1 is 1.16 bits per heavy atom. The highest BCUT2D eigenvalue weighted by Crippen LogP contribution is 2.53. The molecule has 0 unspecified atom stereocenters. The van der Waals surface area contributed by atoms with E-state index in [4.69, 9.17) is 0 Å². The number of aryl methyl sites for hydroxylation is 1. The number of hydrogen-bond donors (Lipinski definition) is 1. The highest BCUT2D eigenvalue weighted by atomic mass is 15.0. The van der Waals surface area contributed by atoms with Gasteiger partial charge in [0, 0.05) is 38.4 Å². The Morgan fingerprint density at radius 3 is 2.42 bits per heavy atom. The number of nitrogens with one attached hydrogen (secondary N) is 1. The van der Waals surface area contributed by atoms with Gasteiger partial charge in [0.1, 0.15) is 5.82 Å². The summed E-state index contributed by atoms with van der Waals surface area (Å²) in [6.45, 7) is 1.10. The van der Waals surface area contributed by atoms with Crippen LogP contribution in [0.25, 0.3) is 0 Å². The molecule has 0 amide bonds. The van der Waals surface area contributed by atoms with Crippen LogP contribution in [0.5, 0.6) is 0 Å². The fourth-order valence-electron chi connectivity index (χ4n) is 5.25. The maximum atomic E-state index is 4.41. The smallest absolute Gasteiger partial charge is 0.109 e. The van der Waals surface area contributed by atoms with Crippen molar-refractivity contribution < 1.29 is 0 Å². The van der Waals surface area contributed by atoms with E-state index in [1.54, 1.807) is 6.42 Å². The Kier molecular flexibility index (Phi) is 2.91. The van der Waals surface area contributed by atoms with Crippen LogP contribution in [-0.4, -0.2) is 22.1 Å². The topological polar surface area (TPSA) is 29.9 Å². The summed E-state index contributed by atoms with van der Waals surface area (Å²) in [5, 5.41) is 3.88. The van der Waals surface area contributed by atoms with Crippen molar-refractivity contribution in [3.05, 3.63) is 18.2 Å².